The summed E-state index contributed by atoms with van der Waals surface area (Å²) < 4.78 is 35.6. The molecule has 3 aromatic rings. The van der Waals surface area contributed by atoms with Crippen LogP contribution in [0.4, 0.5) is 8.78 Å². The number of halogens is 2. The minimum absolute atomic E-state index is 0.0244. The molecule has 6 heteroatoms. The number of aliphatic hydroxyl groups is 1. The first-order valence-electron chi connectivity index (χ1n) is 9.37. The molecule has 0 aliphatic heterocycles. The third-order valence-electron chi connectivity index (χ3n) is 4.51. The molecule has 0 saturated heterocycles. The van der Waals surface area contributed by atoms with Gasteiger partial charge in [-0.15, -0.1) is 0 Å². The number of hydrogen-bond donors (Lipinski definition) is 1. The monoisotopic (exact) mass is 399 g/mol. The number of pyridine rings is 1. The molecule has 152 valence electrons. The van der Waals surface area contributed by atoms with Crippen molar-refractivity contribution < 1.29 is 23.4 Å². The maximum atomic E-state index is 12.8. The van der Waals surface area contributed by atoms with E-state index in [1.165, 1.54) is 6.07 Å². The molecule has 3 rings (SSSR count). The van der Waals surface area contributed by atoms with Gasteiger partial charge in [-0.1, -0.05) is 36.4 Å². The van der Waals surface area contributed by atoms with Crippen LogP contribution in [-0.2, 0) is 12.8 Å². The van der Waals surface area contributed by atoms with Gasteiger partial charge in [-0.25, -0.2) is 4.98 Å². The second-order valence-electron chi connectivity index (χ2n) is 6.58. The Labute approximate surface area is 168 Å². The van der Waals surface area contributed by atoms with Crippen molar-refractivity contribution in [3.05, 3.63) is 77.5 Å². The van der Waals surface area contributed by atoms with Crippen LogP contribution in [-0.4, -0.2) is 30.4 Å². The van der Waals surface area contributed by atoms with Gasteiger partial charge in [-0.2, -0.15) is 8.78 Å². The van der Waals surface area contributed by atoms with E-state index in [1.807, 2.05) is 24.3 Å². The summed E-state index contributed by atoms with van der Waals surface area (Å²) in [6.45, 7) is -2.76. The van der Waals surface area contributed by atoms with Gasteiger partial charge in [0.1, 0.15) is 11.4 Å². The van der Waals surface area contributed by atoms with Gasteiger partial charge in [-0.3, -0.25) is 0 Å². The highest BCUT2D eigenvalue weighted by Gasteiger charge is 2.15. The Bertz CT molecular complexity index is 930. The number of methoxy groups -OCH3 is 1. The summed E-state index contributed by atoms with van der Waals surface area (Å²) in [6.07, 6.45) is 2.12. The summed E-state index contributed by atoms with van der Waals surface area (Å²) in [5, 5.41) is 8.93. The van der Waals surface area contributed by atoms with Gasteiger partial charge in [0.15, 0.2) is 5.75 Å². The average Bonchev–Trinajstić information content (AvgIpc) is 2.74. The molecule has 0 saturated carbocycles. The third-order valence-corrected chi connectivity index (χ3v) is 4.51. The smallest absolute Gasteiger partial charge is 0.387 e. The second kappa shape index (κ2) is 9.98. The molecule has 1 heterocycles. The van der Waals surface area contributed by atoms with Crippen LogP contribution >= 0.6 is 0 Å². The van der Waals surface area contributed by atoms with Crippen molar-refractivity contribution >= 4 is 0 Å². The van der Waals surface area contributed by atoms with E-state index in [-0.39, 0.29) is 12.4 Å². The van der Waals surface area contributed by atoms with E-state index < -0.39 is 6.61 Å². The van der Waals surface area contributed by atoms with Crippen molar-refractivity contribution in [1.82, 2.24) is 4.98 Å². The molecule has 1 N–H and O–H groups in total. The quantitative estimate of drug-likeness (QED) is 0.558. The lowest BCUT2D eigenvalue weighted by Gasteiger charge is -2.13. The minimum atomic E-state index is -2.93. The van der Waals surface area contributed by atoms with E-state index in [0.717, 1.165) is 29.7 Å². The van der Waals surface area contributed by atoms with Gasteiger partial charge in [0.25, 0.3) is 0 Å². The van der Waals surface area contributed by atoms with E-state index in [0.29, 0.717) is 23.4 Å². The number of alkyl halides is 2. The van der Waals surface area contributed by atoms with Crippen molar-refractivity contribution in [3.8, 4) is 22.8 Å². The molecule has 0 unspecified atom stereocenters. The normalized spacial score (nSPS) is 10.9. The van der Waals surface area contributed by atoms with Gasteiger partial charge < -0.3 is 14.6 Å². The number of nitrogens with zero attached hydrogens (tertiary/aromatic N) is 1. The molecule has 0 bridgehead atoms. The SMILES string of the molecule is COc1cccc(-c2nc(Cc3ccc(CCCO)cc3)ccc2OC(F)F)c1. The molecule has 0 radical (unpaired) electrons. The van der Waals surface area contributed by atoms with Crippen LogP contribution in [0.3, 0.4) is 0 Å². The number of ether oxygens (including phenoxy) is 2. The molecule has 0 spiro atoms. The lowest BCUT2D eigenvalue weighted by atomic mass is 10.0. The van der Waals surface area contributed by atoms with Crippen LogP contribution in [0.1, 0.15) is 23.2 Å². The first kappa shape index (κ1) is 20.7. The van der Waals surface area contributed by atoms with Crippen molar-refractivity contribution in [1.29, 1.82) is 0 Å². The zero-order chi connectivity index (χ0) is 20.6. The van der Waals surface area contributed by atoms with Gasteiger partial charge >= 0.3 is 6.61 Å². The average molecular weight is 399 g/mol. The highest BCUT2D eigenvalue weighted by Crippen LogP contribution is 2.32. The highest BCUT2D eigenvalue weighted by molar-refractivity contribution is 5.68. The predicted molar refractivity (Wildman–Crippen MR) is 108 cm³/mol. The van der Waals surface area contributed by atoms with E-state index in [9.17, 15) is 8.78 Å². The largest absolute Gasteiger partial charge is 0.497 e. The molecule has 0 fully saturated rings. The second-order valence-corrected chi connectivity index (χ2v) is 6.58. The number of hydrogen-bond acceptors (Lipinski definition) is 4. The summed E-state index contributed by atoms with van der Waals surface area (Å²) in [5.74, 6) is 0.632. The standard InChI is InChI=1S/C23H23F2NO3/c1-28-20-6-2-5-18(15-20)22-21(29-23(24)25)12-11-19(26-22)14-17-9-7-16(8-10-17)4-3-13-27/h2,5-12,15,23,27H,3-4,13-14H2,1H3. The van der Waals surface area contributed by atoms with E-state index in [1.54, 1.807) is 37.4 Å². The van der Waals surface area contributed by atoms with Crippen molar-refractivity contribution in [3.63, 3.8) is 0 Å². The van der Waals surface area contributed by atoms with Gasteiger partial charge in [-0.05, 0) is 48.2 Å². The topological polar surface area (TPSA) is 51.6 Å². The Morgan fingerprint density at radius 3 is 2.45 bits per heavy atom. The zero-order valence-corrected chi connectivity index (χ0v) is 16.1. The van der Waals surface area contributed by atoms with Gasteiger partial charge in [0, 0.05) is 24.3 Å². The van der Waals surface area contributed by atoms with Crippen LogP contribution in [0.25, 0.3) is 11.3 Å². The molecule has 4 nitrogen and oxygen atoms in total. The summed E-state index contributed by atoms with van der Waals surface area (Å²) in [4.78, 5) is 4.59. The fourth-order valence-electron chi connectivity index (χ4n) is 3.07. The molecule has 0 aliphatic carbocycles. The minimum Gasteiger partial charge on any atom is -0.497 e. The molecule has 0 amide bonds. The Morgan fingerprint density at radius 2 is 1.76 bits per heavy atom. The fourth-order valence-corrected chi connectivity index (χ4v) is 3.07. The molecule has 0 aliphatic rings. The first-order valence-corrected chi connectivity index (χ1v) is 9.37. The lowest BCUT2D eigenvalue weighted by molar-refractivity contribution is -0.0496. The number of rotatable bonds is 9. The molecule has 1 aromatic heterocycles. The third kappa shape index (κ3) is 5.74. The van der Waals surface area contributed by atoms with Crippen molar-refractivity contribution in [2.75, 3.05) is 13.7 Å². The van der Waals surface area contributed by atoms with Gasteiger partial charge in [0.2, 0.25) is 0 Å². The van der Waals surface area contributed by atoms with Crippen LogP contribution in [0.2, 0.25) is 0 Å². The Balaban J connectivity index is 1.88. The molecule has 0 atom stereocenters. The van der Waals surface area contributed by atoms with Crippen molar-refractivity contribution in [2.24, 2.45) is 0 Å². The highest BCUT2D eigenvalue weighted by atomic mass is 19.3. The molecule has 29 heavy (non-hydrogen) atoms. The zero-order valence-electron chi connectivity index (χ0n) is 16.1. The number of benzene rings is 2. The van der Waals surface area contributed by atoms with Crippen LogP contribution < -0.4 is 9.47 Å². The Hall–Kier alpha value is -2.99. The number of aliphatic hydroxyl groups excluding tert-OH is 1. The Kier molecular flexibility index (Phi) is 7.14. The van der Waals surface area contributed by atoms with Crippen LogP contribution in [0.5, 0.6) is 11.5 Å². The van der Waals surface area contributed by atoms with Gasteiger partial charge in [0.05, 0.1) is 7.11 Å². The lowest BCUT2D eigenvalue weighted by Crippen LogP contribution is -2.05. The molecular formula is C23H23F2NO3. The van der Waals surface area contributed by atoms with Crippen LogP contribution in [0, 0.1) is 0 Å². The summed E-state index contributed by atoms with van der Waals surface area (Å²) in [5.41, 5.74) is 3.95. The van der Waals surface area contributed by atoms with E-state index in [4.69, 9.17) is 9.84 Å². The maximum absolute atomic E-state index is 12.8. The number of aryl methyl sites for hydroxylation is 1. The summed E-state index contributed by atoms with van der Waals surface area (Å²) in [6, 6.07) is 18.4. The van der Waals surface area contributed by atoms with E-state index in [2.05, 4.69) is 9.72 Å². The molecular weight excluding hydrogens is 376 g/mol. The van der Waals surface area contributed by atoms with Crippen LogP contribution in [0.15, 0.2) is 60.7 Å². The number of aromatic nitrogens is 1. The first-order chi connectivity index (χ1) is 14.1. The Morgan fingerprint density at radius 1 is 1.00 bits per heavy atom. The fraction of sp³-hybridized carbons (Fsp3) is 0.261. The van der Waals surface area contributed by atoms with E-state index >= 15 is 0 Å². The maximum Gasteiger partial charge on any atom is 0.387 e. The van der Waals surface area contributed by atoms with Crippen molar-refractivity contribution in [2.45, 2.75) is 25.9 Å². The predicted octanol–water partition coefficient (Wildman–Crippen LogP) is 4.87. The molecule has 2 aromatic carbocycles. The summed E-state index contributed by atoms with van der Waals surface area (Å²) in [7, 11) is 1.55. The summed E-state index contributed by atoms with van der Waals surface area (Å²) >= 11 is 0.